The van der Waals surface area contributed by atoms with Gasteiger partial charge in [0.25, 0.3) is 5.56 Å². The van der Waals surface area contributed by atoms with Crippen LogP contribution in [0.2, 0.25) is 0 Å². The first-order valence-corrected chi connectivity index (χ1v) is 8.47. The Hall–Kier alpha value is -1.49. The van der Waals surface area contributed by atoms with E-state index in [-0.39, 0.29) is 16.2 Å². The van der Waals surface area contributed by atoms with Crippen molar-refractivity contribution in [3.05, 3.63) is 40.3 Å². The van der Waals surface area contributed by atoms with Crippen molar-refractivity contribution >= 4 is 21.8 Å². The summed E-state index contributed by atoms with van der Waals surface area (Å²) < 4.78 is 11.9. The molecule has 2 rings (SSSR count). The summed E-state index contributed by atoms with van der Waals surface area (Å²) in [6.07, 6.45) is 2.44. The van der Waals surface area contributed by atoms with Crippen molar-refractivity contribution in [3.8, 4) is 0 Å². The minimum absolute atomic E-state index is 0.0615. The van der Waals surface area contributed by atoms with Gasteiger partial charge < -0.3 is 4.98 Å². The van der Waals surface area contributed by atoms with Crippen LogP contribution in [0.25, 0.3) is 11.0 Å². The Morgan fingerprint density at radius 3 is 2.76 bits per heavy atom. The van der Waals surface area contributed by atoms with Crippen LogP contribution in [0.5, 0.6) is 0 Å². The molecule has 0 saturated carbocycles. The van der Waals surface area contributed by atoms with Gasteiger partial charge in [0, 0.05) is 33.1 Å². The third-order valence-corrected chi connectivity index (χ3v) is 5.56. The summed E-state index contributed by atoms with van der Waals surface area (Å²) in [5, 5.41) is 0. The second kappa shape index (κ2) is 6.10. The van der Waals surface area contributed by atoms with Crippen molar-refractivity contribution in [1.82, 2.24) is 9.97 Å². The molecule has 114 valence electrons. The van der Waals surface area contributed by atoms with Gasteiger partial charge in [-0.2, -0.15) is 0 Å². The number of H-pyrrole nitrogens is 1. The van der Waals surface area contributed by atoms with E-state index in [0.29, 0.717) is 11.3 Å². The number of aromatic nitrogens is 2. The molecule has 1 N–H and O–H groups in total. The molecule has 1 unspecified atom stereocenters. The van der Waals surface area contributed by atoms with Crippen LogP contribution in [0.15, 0.2) is 29.2 Å². The van der Waals surface area contributed by atoms with Crippen molar-refractivity contribution in [1.29, 1.82) is 0 Å². The van der Waals surface area contributed by atoms with Crippen molar-refractivity contribution < 1.29 is 4.21 Å². The standard InChI is InChI=1S/C16H22N2O2S/c1-11(7-9-21(20)16(2,3)4)12-10-14-13(18-15(12)19)6-5-8-17-14/h5-6,8,10-11H,7,9H2,1-4H3,(H,18,19)/t11-,21?/m1/s1. The molecule has 0 radical (unpaired) electrons. The van der Waals surface area contributed by atoms with E-state index < -0.39 is 10.8 Å². The molecule has 2 aromatic rings. The molecule has 0 spiro atoms. The molecule has 0 aliphatic carbocycles. The molecule has 0 aromatic carbocycles. The lowest BCUT2D eigenvalue weighted by Gasteiger charge is -2.19. The topological polar surface area (TPSA) is 62.8 Å². The Labute approximate surface area is 127 Å². The first-order valence-electron chi connectivity index (χ1n) is 7.15. The van der Waals surface area contributed by atoms with E-state index in [0.717, 1.165) is 17.5 Å². The molecule has 0 fully saturated rings. The molecule has 2 aromatic heterocycles. The first-order chi connectivity index (χ1) is 9.79. The summed E-state index contributed by atoms with van der Waals surface area (Å²) in [6, 6.07) is 5.49. The van der Waals surface area contributed by atoms with Crippen LogP contribution in [-0.2, 0) is 10.8 Å². The molecule has 0 aliphatic rings. The van der Waals surface area contributed by atoms with Crippen LogP contribution in [0.1, 0.15) is 45.6 Å². The van der Waals surface area contributed by atoms with Gasteiger partial charge in [-0.15, -0.1) is 0 Å². The van der Waals surface area contributed by atoms with Gasteiger partial charge in [0.05, 0.1) is 11.0 Å². The number of hydrogen-bond acceptors (Lipinski definition) is 3. The van der Waals surface area contributed by atoms with Crippen molar-refractivity contribution in [2.75, 3.05) is 5.75 Å². The highest BCUT2D eigenvalue weighted by atomic mass is 32.2. The molecular formula is C16H22N2O2S. The summed E-state index contributed by atoms with van der Waals surface area (Å²) in [5.41, 5.74) is 2.17. The molecule has 0 saturated heterocycles. The van der Waals surface area contributed by atoms with Crippen LogP contribution < -0.4 is 5.56 Å². The number of aromatic amines is 1. The quantitative estimate of drug-likeness (QED) is 0.944. The third-order valence-electron chi connectivity index (χ3n) is 3.59. The van der Waals surface area contributed by atoms with E-state index >= 15 is 0 Å². The molecule has 2 heterocycles. The van der Waals surface area contributed by atoms with Gasteiger partial charge in [-0.25, -0.2) is 0 Å². The maximum Gasteiger partial charge on any atom is 0.251 e. The number of nitrogens with zero attached hydrogens (tertiary/aromatic N) is 1. The fourth-order valence-electron chi connectivity index (χ4n) is 2.16. The lowest BCUT2D eigenvalue weighted by atomic mass is 10.00. The molecule has 5 heteroatoms. The average molecular weight is 306 g/mol. The fourth-order valence-corrected chi connectivity index (χ4v) is 3.34. The predicted molar refractivity (Wildman–Crippen MR) is 88.2 cm³/mol. The van der Waals surface area contributed by atoms with Crippen LogP contribution >= 0.6 is 0 Å². The minimum Gasteiger partial charge on any atom is -0.320 e. The highest BCUT2D eigenvalue weighted by Gasteiger charge is 2.21. The van der Waals surface area contributed by atoms with Crippen LogP contribution in [-0.4, -0.2) is 24.7 Å². The Morgan fingerprint density at radius 1 is 1.38 bits per heavy atom. The monoisotopic (exact) mass is 306 g/mol. The van der Waals surface area contributed by atoms with Gasteiger partial charge in [-0.1, -0.05) is 6.92 Å². The number of nitrogens with one attached hydrogen (secondary N) is 1. The lowest BCUT2D eigenvalue weighted by molar-refractivity contribution is 0.637. The van der Waals surface area contributed by atoms with E-state index in [2.05, 4.69) is 9.97 Å². The van der Waals surface area contributed by atoms with Crippen LogP contribution in [0.4, 0.5) is 0 Å². The lowest BCUT2D eigenvalue weighted by Crippen LogP contribution is -2.25. The Balaban J connectivity index is 2.20. The van der Waals surface area contributed by atoms with Gasteiger partial charge in [-0.05, 0) is 51.3 Å². The van der Waals surface area contributed by atoms with Crippen molar-refractivity contribution in [3.63, 3.8) is 0 Å². The molecule has 4 nitrogen and oxygen atoms in total. The van der Waals surface area contributed by atoms with Gasteiger partial charge in [0.2, 0.25) is 0 Å². The zero-order valence-corrected chi connectivity index (χ0v) is 13.8. The highest BCUT2D eigenvalue weighted by Crippen LogP contribution is 2.21. The second-order valence-corrected chi connectivity index (χ2v) is 8.67. The molecule has 0 amide bonds. The summed E-state index contributed by atoms with van der Waals surface area (Å²) in [6.45, 7) is 7.92. The molecule has 0 aliphatic heterocycles. The smallest absolute Gasteiger partial charge is 0.251 e. The van der Waals surface area contributed by atoms with E-state index in [9.17, 15) is 9.00 Å². The van der Waals surface area contributed by atoms with Crippen molar-refractivity contribution in [2.24, 2.45) is 0 Å². The summed E-state index contributed by atoms with van der Waals surface area (Å²) in [5.74, 6) is 0.663. The van der Waals surface area contributed by atoms with Gasteiger partial charge in [-0.3, -0.25) is 14.0 Å². The maximum atomic E-state index is 12.2. The number of hydrogen-bond donors (Lipinski definition) is 1. The number of rotatable bonds is 4. The van der Waals surface area contributed by atoms with Gasteiger partial charge in [0.15, 0.2) is 0 Å². The predicted octanol–water partition coefficient (Wildman–Crippen LogP) is 2.96. The normalized spacial score (nSPS) is 15.0. The van der Waals surface area contributed by atoms with E-state index in [1.54, 1.807) is 12.3 Å². The molecular weight excluding hydrogens is 284 g/mol. The van der Waals surface area contributed by atoms with Crippen molar-refractivity contribution in [2.45, 2.75) is 44.8 Å². The van der Waals surface area contributed by atoms with Crippen LogP contribution in [0.3, 0.4) is 0 Å². The maximum absolute atomic E-state index is 12.2. The Kier molecular flexibility index (Phi) is 4.61. The minimum atomic E-state index is -0.893. The first kappa shape index (κ1) is 15.9. The Bertz CT molecular complexity index is 716. The molecule has 2 atom stereocenters. The van der Waals surface area contributed by atoms with Crippen LogP contribution in [0, 0.1) is 0 Å². The fraction of sp³-hybridized carbons (Fsp3) is 0.500. The third kappa shape index (κ3) is 3.79. The second-order valence-electron chi connectivity index (χ2n) is 6.34. The summed E-state index contributed by atoms with van der Waals surface area (Å²) in [4.78, 5) is 19.3. The largest absolute Gasteiger partial charge is 0.320 e. The summed E-state index contributed by atoms with van der Waals surface area (Å²) >= 11 is 0. The highest BCUT2D eigenvalue weighted by molar-refractivity contribution is 7.86. The SMILES string of the molecule is C[C@H](CCS(=O)C(C)(C)C)c1cc2ncccc2[nH]c1=O. The summed E-state index contributed by atoms with van der Waals surface area (Å²) in [7, 11) is -0.893. The Morgan fingerprint density at radius 2 is 2.10 bits per heavy atom. The zero-order valence-electron chi connectivity index (χ0n) is 13.0. The molecule has 21 heavy (non-hydrogen) atoms. The average Bonchev–Trinajstić information content (AvgIpc) is 2.42. The van der Waals surface area contributed by atoms with Gasteiger partial charge >= 0.3 is 0 Å². The van der Waals surface area contributed by atoms with E-state index in [4.69, 9.17) is 0 Å². The van der Waals surface area contributed by atoms with E-state index in [1.165, 1.54) is 0 Å². The van der Waals surface area contributed by atoms with E-state index in [1.807, 2.05) is 39.8 Å². The number of pyridine rings is 2. The van der Waals surface area contributed by atoms with Gasteiger partial charge in [0.1, 0.15) is 0 Å². The number of fused-ring (bicyclic) bond motifs is 1. The molecule has 0 bridgehead atoms. The zero-order chi connectivity index (χ0) is 15.6.